The van der Waals surface area contributed by atoms with Crippen LogP contribution in [0.25, 0.3) is 11.2 Å². The van der Waals surface area contributed by atoms with E-state index in [2.05, 4.69) is 20.3 Å². The molecular formula is C21H12F5N5O4. The van der Waals surface area contributed by atoms with Crippen molar-refractivity contribution in [3.63, 3.8) is 0 Å². The molecule has 2 aromatic heterocycles. The average Bonchev–Trinajstić information content (AvgIpc) is 2.78. The van der Waals surface area contributed by atoms with Gasteiger partial charge >= 0.3 is 23.3 Å². The molecule has 2 aromatic carbocycles. The van der Waals surface area contributed by atoms with Gasteiger partial charge in [-0.25, -0.2) is 18.6 Å². The van der Waals surface area contributed by atoms with Crippen molar-refractivity contribution in [2.45, 2.75) is 6.18 Å². The van der Waals surface area contributed by atoms with Crippen molar-refractivity contribution in [3.8, 4) is 11.5 Å². The summed E-state index contributed by atoms with van der Waals surface area (Å²) in [6.45, 7) is 0. The number of benzene rings is 2. The third-order valence-corrected chi connectivity index (χ3v) is 4.55. The Morgan fingerprint density at radius 3 is 2.31 bits per heavy atom. The zero-order valence-corrected chi connectivity index (χ0v) is 17.1. The number of alkyl halides is 3. The number of anilines is 2. The van der Waals surface area contributed by atoms with Crippen molar-refractivity contribution in [1.29, 1.82) is 0 Å². The van der Waals surface area contributed by atoms with E-state index in [1.807, 2.05) is 5.32 Å². The SMILES string of the molecule is O=C(Nc1ccc(Oc2ccnc3[nH]c(=O)c(=O)[nH]c23)cc1F)Nc1cc(C(F)(F)F)ccc1F. The number of rotatable bonds is 4. The van der Waals surface area contributed by atoms with Crippen LogP contribution in [0.15, 0.2) is 58.3 Å². The normalized spacial score (nSPS) is 11.3. The minimum atomic E-state index is -4.76. The lowest BCUT2D eigenvalue weighted by molar-refractivity contribution is -0.137. The first-order chi connectivity index (χ1) is 16.5. The third-order valence-electron chi connectivity index (χ3n) is 4.55. The molecule has 0 radical (unpaired) electrons. The Balaban J connectivity index is 1.51. The third kappa shape index (κ3) is 5.10. The maximum atomic E-state index is 14.5. The van der Waals surface area contributed by atoms with Gasteiger partial charge in [0.2, 0.25) is 0 Å². The molecule has 35 heavy (non-hydrogen) atoms. The van der Waals surface area contributed by atoms with Crippen LogP contribution in [0.3, 0.4) is 0 Å². The number of ether oxygens (including phenoxy) is 1. The van der Waals surface area contributed by atoms with Gasteiger partial charge in [0.25, 0.3) is 0 Å². The molecule has 4 aromatic rings. The number of fused-ring (bicyclic) bond motifs is 1. The summed E-state index contributed by atoms with van der Waals surface area (Å²) in [5.41, 5.74) is -4.15. The highest BCUT2D eigenvalue weighted by atomic mass is 19.4. The number of hydrogen-bond donors (Lipinski definition) is 4. The molecular weight excluding hydrogens is 481 g/mol. The summed E-state index contributed by atoms with van der Waals surface area (Å²) in [5.74, 6) is -2.16. The monoisotopic (exact) mass is 493 g/mol. The number of pyridine rings is 1. The molecule has 0 bridgehead atoms. The van der Waals surface area contributed by atoms with Gasteiger partial charge in [0.15, 0.2) is 11.4 Å². The predicted molar refractivity (Wildman–Crippen MR) is 114 cm³/mol. The lowest BCUT2D eigenvalue weighted by Crippen LogP contribution is -2.29. The summed E-state index contributed by atoms with van der Waals surface area (Å²) in [6, 6.07) is 4.79. The van der Waals surface area contributed by atoms with E-state index >= 15 is 0 Å². The Hall–Kier alpha value is -4.75. The van der Waals surface area contributed by atoms with Crippen LogP contribution in [0.5, 0.6) is 11.5 Å². The molecule has 180 valence electrons. The Labute approximate surface area is 190 Å². The van der Waals surface area contributed by atoms with Crippen LogP contribution in [0.2, 0.25) is 0 Å². The van der Waals surface area contributed by atoms with Crippen LogP contribution in [-0.2, 0) is 6.18 Å². The molecule has 14 heteroatoms. The molecule has 9 nitrogen and oxygen atoms in total. The minimum Gasteiger partial charge on any atom is -0.455 e. The number of amides is 2. The predicted octanol–water partition coefficient (Wildman–Crippen LogP) is 4.34. The lowest BCUT2D eigenvalue weighted by atomic mass is 10.2. The molecule has 0 saturated heterocycles. The van der Waals surface area contributed by atoms with Crippen molar-refractivity contribution in [2.24, 2.45) is 0 Å². The highest BCUT2D eigenvalue weighted by molar-refractivity contribution is 6.00. The van der Waals surface area contributed by atoms with E-state index in [0.717, 1.165) is 12.1 Å². The second kappa shape index (κ2) is 8.89. The van der Waals surface area contributed by atoms with Crippen molar-refractivity contribution in [2.75, 3.05) is 10.6 Å². The fourth-order valence-electron chi connectivity index (χ4n) is 2.94. The molecule has 0 atom stereocenters. The molecule has 4 rings (SSSR count). The van der Waals surface area contributed by atoms with Crippen molar-refractivity contribution in [3.05, 3.63) is 86.6 Å². The van der Waals surface area contributed by atoms with Gasteiger partial charge in [-0.15, -0.1) is 0 Å². The van der Waals surface area contributed by atoms with Gasteiger partial charge in [-0.3, -0.25) is 9.59 Å². The topological polar surface area (TPSA) is 129 Å². The number of urea groups is 1. The van der Waals surface area contributed by atoms with Crippen LogP contribution in [0.4, 0.5) is 38.1 Å². The molecule has 0 aliphatic carbocycles. The number of nitrogens with zero attached hydrogens (tertiary/aromatic N) is 1. The van der Waals surface area contributed by atoms with Crippen molar-refractivity contribution < 1.29 is 31.5 Å². The number of nitrogens with one attached hydrogen (secondary N) is 4. The molecule has 4 N–H and O–H groups in total. The Kier molecular flexibility index (Phi) is 5.94. The number of aromatic nitrogens is 3. The van der Waals surface area contributed by atoms with E-state index < -0.39 is 46.2 Å². The Morgan fingerprint density at radius 2 is 1.60 bits per heavy atom. The largest absolute Gasteiger partial charge is 0.455 e. The van der Waals surface area contributed by atoms with E-state index in [4.69, 9.17) is 4.74 Å². The molecule has 2 heterocycles. The lowest BCUT2D eigenvalue weighted by Gasteiger charge is -2.13. The number of carbonyl (C=O) groups excluding carboxylic acids is 1. The van der Waals surface area contributed by atoms with Gasteiger partial charge in [0, 0.05) is 18.3 Å². The number of H-pyrrole nitrogens is 2. The fourth-order valence-corrected chi connectivity index (χ4v) is 2.94. The van der Waals surface area contributed by atoms with E-state index in [1.54, 1.807) is 0 Å². The first-order valence-electron chi connectivity index (χ1n) is 9.55. The zero-order valence-electron chi connectivity index (χ0n) is 17.1. The van der Waals surface area contributed by atoms with Crippen LogP contribution in [-0.4, -0.2) is 21.0 Å². The van der Waals surface area contributed by atoms with Gasteiger partial charge in [0.05, 0.1) is 16.9 Å². The van der Waals surface area contributed by atoms with Crippen LogP contribution < -0.4 is 26.5 Å². The first-order valence-corrected chi connectivity index (χ1v) is 9.55. The summed E-state index contributed by atoms with van der Waals surface area (Å²) in [7, 11) is 0. The summed E-state index contributed by atoms with van der Waals surface area (Å²) >= 11 is 0. The molecule has 0 saturated carbocycles. The highest BCUT2D eigenvalue weighted by Crippen LogP contribution is 2.32. The second-order valence-electron chi connectivity index (χ2n) is 6.96. The first kappa shape index (κ1) is 23.4. The zero-order chi connectivity index (χ0) is 25.3. The van der Waals surface area contributed by atoms with Crippen LogP contribution in [0.1, 0.15) is 5.56 Å². The highest BCUT2D eigenvalue weighted by Gasteiger charge is 2.31. The average molecular weight is 493 g/mol. The van der Waals surface area contributed by atoms with E-state index in [9.17, 15) is 36.3 Å². The molecule has 0 spiro atoms. The van der Waals surface area contributed by atoms with Gasteiger partial charge in [0.1, 0.15) is 22.9 Å². The smallest absolute Gasteiger partial charge is 0.416 e. The van der Waals surface area contributed by atoms with Gasteiger partial charge in [-0.1, -0.05) is 0 Å². The standard InChI is InChI=1S/C21H12F5N5O4/c22-11-3-1-9(21(24,25)26)7-14(11)29-20(34)28-13-4-2-10(8-12(13)23)35-15-5-6-27-17-16(15)30-18(32)19(33)31-17/h1-8H,(H,30,32)(H,27,31,33)(H2,28,29,34). The summed E-state index contributed by atoms with van der Waals surface area (Å²) in [6.07, 6.45) is -3.49. The Morgan fingerprint density at radius 1 is 0.886 bits per heavy atom. The van der Waals surface area contributed by atoms with E-state index in [1.165, 1.54) is 18.3 Å². The number of carbonyl (C=O) groups is 1. The van der Waals surface area contributed by atoms with E-state index in [-0.39, 0.29) is 28.4 Å². The van der Waals surface area contributed by atoms with Crippen LogP contribution >= 0.6 is 0 Å². The number of hydrogen-bond acceptors (Lipinski definition) is 5. The molecule has 0 aliphatic heterocycles. The minimum absolute atomic E-state index is 0.0179. The van der Waals surface area contributed by atoms with Gasteiger partial charge in [-0.2, -0.15) is 13.2 Å². The van der Waals surface area contributed by atoms with E-state index in [0.29, 0.717) is 18.2 Å². The summed E-state index contributed by atoms with van der Waals surface area (Å²) in [4.78, 5) is 43.5. The summed E-state index contributed by atoms with van der Waals surface area (Å²) < 4.78 is 72.3. The quantitative estimate of drug-likeness (QED) is 0.248. The number of aromatic amines is 2. The molecule has 0 unspecified atom stereocenters. The van der Waals surface area contributed by atoms with Crippen LogP contribution in [0, 0.1) is 11.6 Å². The maximum absolute atomic E-state index is 14.5. The molecule has 0 fully saturated rings. The Bertz CT molecular complexity index is 1560. The van der Waals surface area contributed by atoms with Crippen molar-refractivity contribution >= 4 is 28.6 Å². The second-order valence-corrected chi connectivity index (χ2v) is 6.96. The molecule has 2 amide bonds. The van der Waals surface area contributed by atoms with Gasteiger partial charge in [-0.05, 0) is 30.3 Å². The maximum Gasteiger partial charge on any atom is 0.416 e. The summed E-state index contributed by atoms with van der Waals surface area (Å²) in [5, 5.41) is 3.94. The fraction of sp³-hybridized carbons (Fsp3) is 0.0476. The number of halogens is 5. The van der Waals surface area contributed by atoms with Crippen molar-refractivity contribution in [1.82, 2.24) is 15.0 Å². The van der Waals surface area contributed by atoms with Gasteiger partial charge < -0.3 is 25.3 Å². The molecule has 0 aliphatic rings.